The molecule has 2 heteroatoms. The molecule has 0 N–H and O–H groups in total. The van der Waals surface area contributed by atoms with Gasteiger partial charge in [0.2, 0.25) is 0 Å². The largest absolute Gasteiger partial charge is 0.249 e. The lowest BCUT2D eigenvalue weighted by Crippen LogP contribution is -1.97. The maximum Gasteiger partial charge on any atom is 0.0797 e. The molecule has 1 aliphatic rings. The van der Waals surface area contributed by atoms with Gasteiger partial charge in [-0.1, -0.05) is 26.2 Å². The van der Waals surface area contributed by atoms with Gasteiger partial charge >= 0.3 is 0 Å². The van der Waals surface area contributed by atoms with Crippen LogP contribution in [-0.4, -0.2) is 4.98 Å². The predicted molar refractivity (Wildman–Crippen MR) is 61.9 cm³/mol. The first-order valence-corrected chi connectivity index (χ1v) is 6.72. The molecule has 1 aromatic rings. The number of hydrogen-bond donors (Lipinski definition) is 0. The minimum absolute atomic E-state index is 0.799. The van der Waals surface area contributed by atoms with Crippen molar-refractivity contribution < 1.29 is 0 Å². The smallest absolute Gasteiger partial charge is 0.0797 e. The Morgan fingerprint density at radius 1 is 1.43 bits per heavy atom. The van der Waals surface area contributed by atoms with Gasteiger partial charge in [-0.2, -0.15) is 0 Å². The van der Waals surface area contributed by atoms with E-state index in [1.165, 1.54) is 50.6 Å². The van der Waals surface area contributed by atoms with Crippen molar-refractivity contribution in [2.24, 2.45) is 0 Å². The van der Waals surface area contributed by atoms with Crippen molar-refractivity contribution in [3.8, 4) is 0 Å². The van der Waals surface area contributed by atoms with Crippen molar-refractivity contribution in [3.05, 3.63) is 16.1 Å². The molecule has 1 aliphatic carbocycles. The van der Waals surface area contributed by atoms with E-state index in [1.807, 2.05) is 16.8 Å². The van der Waals surface area contributed by atoms with Crippen LogP contribution in [0.5, 0.6) is 0 Å². The molecule has 0 aromatic carbocycles. The summed E-state index contributed by atoms with van der Waals surface area (Å²) < 4.78 is 0. The van der Waals surface area contributed by atoms with Crippen molar-refractivity contribution >= 4 is 11.3 Å². The van der Waals surface area contributed by atoms with Gasteiger partial charge < -0.3 is 0 Å². The molecule has 0 radical (unpaired) electrons. The molecule has 1 aromatic heterocycles. The third-order valence-corrected chi connectivity index (χ3v) is 4.08. The summed E-state index contributed by atoms with van der Waals surface area (Å²) in [7, 11) is 0. The Morgan fingerprint density at radius 3 is 2.93 bits per heavy atom. The lowest BCUT2D eigenvalue weighted by molar-refractivity contribution is 0.685. The number of unbranched alkanes of at least 4 members (excludes halogenated alkanes) is 1. The monoisotopic (exact) mass is 209 g/mol. The van der Waals surface area contributed by atoms with E-state index in [2.05, 4.69) is 11.9 Å². The van der Waals surface area contributed by atoms with E-state index in [9.17, 15) is 0 Å². The lowest BCUT2D eigenvalue weighted by Gasteiger charge is -2.08. The van der Waals surface area contributed by atoms with Crippen molar-refractivity contribution in [1.82, 2.24) is 4.98 Å². The average Bonchev–Trinajstić information content (AvgIpc) is 2.84. The van der Waals surface area contributed by atoms with Crippen LogP contribution in [-0.2, 0) is 6.42 Å². The first-order valence-electron chi connectivity index (χ1n) is 5.84. The Hall–Kier alpha value is -0.370. The molecular formula is C12H19NS. The van der Waals surface area contributed by atoms with Gasteiger partial charge in [0.05, 0.1) is 11.2 Å². The van der Waals surface area contributed by atoms with Gasteiger partial charge in [-0.25, -0.2) is 4.98 Å². The van der Waals surface area contributed by atoms with E-state index in [0.29, 0.717) is 0 Å². The maximum absolute atomic E-state index is 4.57. The third-order valence-electron chi connectivity index (χ3n) is 3.17. The van der Waals surface area contributed by atoms with E-state index >= 15 is 0 Å². The Bertz CT molecular complexity index is 274. The number of aromatic nitrogens is 1. The Morgan fingerprint density at radius 2 is 2.21 bits per heavy atom. The van der Waals surface area contributed by atoms with E-state index in [1.54, 1.807) is 4.88 Å². The highest BCUT2D eigenvalue weighted by atomic mass is 32.1. The van der Waals surface area contributed by atoms with Crippen molar-refractivity contribution in [2.45, 2.75) is 57.8 Å². The minimum Gasteiger partial charge on any atom is -0.249 e. The summed E-state index contributed by atoms with van der Waals surface area (Å²) >= 11 is 1.87. The first kappa shape index (κ1) is 10.2. The van der Waals surface area contributed by atoms with E-state index in [-0.39, 0.29) is 0 Å². The Balaban J connectivity index is 2.04. The van der Waals surface area contributed by atoms with Crippen LogP contribution in [0.25, 0.3) is 0 Å². The summed E-state index contributed by atoms with van der Waals surface area (Å²) in [6, 6.07) is 0. The molecule has 1 fully saturated rings. The minimum atomic E-state index is 0.799. The molecule has 1 heterocycles. The summed E-state index contributed by atoms with van der Waals surface area (Å²) in [6.45, 7) is 2.26. The van der Waals surface area contributed by atoms with Crippen LogP contribution in [0.1, 0.15) is 61.9 Å². The molecule has 1 saturated carbocycles. The second-order valence-electron chi connectivity index (χ2n) is 4.25. The average molecular weight is 209 g/mol. The lowest BCUT2D eigenvalue weighted by atomic mass is 10.0. The quantitative estimate of drug-likeness (QED) is 0.726. The molecule has 0 unspecified atom stereocenters. The highest BCUT2D eigenvalue weighted by molar-refractivity contribution is 7.09. The SMILES string of the molecule is CCCCc1scnc1C1CCCC1. The Kier molecular flexibility index (Phi) is 3.57. The van der Waals surface area contributed by atoms with Crippen molar-refractivity contribution in [1.29, 1.82) is 0 Å². The first-order chi connectivity index (χ1) is 6.92. The second kappa shape index (κ2) is 4.92. The summed E-state index contributed by atoms with van der Waals surface area (Å²) in [6.07, 6.45) is 9.45. The molecule has 0 amide bonds. The molecule has 0 aliphatic heterocycles. The van der Waals surface area contributed by atoms with Gasteiger partial charge in [-0.3, -0.25) is 0 Å². The number of thiazole rings is 1. The molecule has 0 saturated heterocycles. The number of hydrogen-bond acceptors (Lipinski definition) is 2. The van der Waals surface area contributed by atoms with Gasteiger partial charge in [0.1, 0.15) is 0 Å². The standard InChI is InChI=1S/C12H19NS/c1-2-3-8-11-12(13-9-14-11)10-6-4-5-7-10/h9-10H,2-8H2,1H3. The summed E-state index contributed by atoms with van der Waals surface area (Å²) in [5, 5.41) is 0. The summed E-state index contributed by atoms with van der Waals surface area (Å²) in [5.41, 5.74) is 3.49. The molecule has 0 spiro atoms. The van der Waals surface area contributed by atoms with Crippen molar-refractivity contribution in [3.63, 3.8) is 0 Å². The van der Waals surface area contributed by atoms with Gasteiger partial charge in [-0.05, 0) is 25.7 Å². The van der Waals surface area contributed by atoms with Crippen LogP contribution in [0.15, 0.2) is 5.51 Å². The normalized spacial score (nSPS) is 17.8. The van der Waals surface area contributed by atoms with Crippen LogP contribution in [0.2, 0.25) is 0 Å². The van der Waals surface area contributed by atoms with Crippen LogP contribution >= 0.6 is 11.3 Å². The van der Waals surface area contributed by atoms with Gasteiger partial charge in [-0.15, -0.1) is 11.3 Å². The van der Waals surface area contributed by atoms with E-state index in [4.69, 9.17) is 0 Å². The van der Waals surface area contributed by atoms with Gasteiger partial charge in [0.15, 0.2) is 0 Å². The zero-order valence-electron chi connectivity index (χ0n) is 8.96. The number of aryl methyl sites for hydroxylation is 1. The molecule has 0 atom stereocenters. The van der Waals surface area contributed by atoms with E-state index in [0.717, 1.165) is 5.92 Å². The number of rotatable bonds is 4. The predicted octanol–water partition coefficient (Wildman–Crippen LogP) is 4.14. The van der Waals surface area contributed by atoms with Crippen LogP contribution in [0, 0.1) is 0 Å². The molecule has 1 nitrogen and oxygen atoms in total. The maximum atomic E-state index is 4.57. The van der Waals surface area contributed by atoms with Crippen LogP contribution in [0.3, 0.4) is 0 Å². The van der Waals surface area contributed by atoms with Gasteiger partial charge in [0.25, 0.3) is 0 Å². The highest BCUT2D eigenvalue weighted by Gasteiger charge is 2.21. The fourth-order valence-corrected chi connectivity index (χ4v) is 3.23. The second-order valence-corrected chi connectivity index (χ2v) is 5.19. The zero-order chi connectivity index (χ0) is 9.80. The zero-order valence-corrected chi connectivity index (χ0v) is 9.78. The Labute approximate surface area is 90.6 Å². The van der Waals surface area contributed by atoms with Gasteiger partial charge in [0, 0.05) is 10.8 Å². The highest BCUT2D eigenvalue weighted by Crippen LogP contribution is 2.36. The van der Waals surface area contributed by atoms with Crippen molar-refractivity contribution in [2.75, 3.05) is 0 Å². The molecule has 2 rings (SSSR count). The molecule has 0 bridgehead atoms. The summed E-state index contributed by atoms with van der Waals surface area (Å²) in [4.78, 5) is 6.14. The fraction of sp³-hybridized carbons (Fsp3) is 0.750. The summed E-state index contributed by atoms with van der Waals surface area (Å²) in [5.74, 6) is 0.799. The molecule has 14 heavy (non-hydrogen) atoms. The topological polar surface area (TPSA) is 12.9 Å². The van der Waals surface area contributed by atoms with Crippen LogP contribution < -0.4 is 0 Å². The number of nitrogens with zero attached hydrogens (tertiary/aromatic N) is 1. The van der Waals surface area contributed by atoms with Crippen LogP contribution in [0.4, 0.5) is 0 Å². The van der Waals surface area contributed by atoms with E-state index < -0.39 is 0 Å². The third kappa shape index (κ3) is 2.17. The molecule has 78 valence electrons. The molecular weight excluding hydrogens is 190 g/mol. The fourth-order valence-electron chi connectivity index (χ4n) is 2.34.